The van der Waals surface area contributed by atoms with Gasteiger partial charge in [-0.05, 0) is 0 Å². The first-order valence-electron chi connectivity index (χ1n) is 3.20. The third-order valence-electron chi connectivity index (χ3n) is 1.85. The second-order valence-electron chi connectivity index (χ2n) is 2.54. The minimum absolute atomic E-state index is 0.398. The normalized spacial score (nSPS) is 37.1. The lowest BCUT2D eigenvalue weighted by molar-refractivity contribution is 0.808. The molecule has 0 heterocycles. The van der Waals surface area contributed by atoms with E-state index in [-0.39, 0.29) is 0 Å². The molecule has 0 saturated heterocycles. The third-order valence-corrected chi connectivity index (χ3v) is 1.85. The van der Waals surface area contributed by atoms with Gasteiger partial charge in [-0.3, -0.25) is 0 Å². The van der Waals surface area contributed by atoms with Gasteiger partial charge in [-0.2, -0.15) is 0 Å². The summed E-state index contributed by atoms with van der Waals surface area (Å²) in [6.45, 7) is 0. The van der Waals surface area contributed by atoms with Crippen LogP contribution in [0.4, 0.5) is 0 Å². The molecular weight excluding hydrogens is 110 g/mol. The Labute approximate surface area is 54.6 Å². The van der Waals surface area contributed by atoms with Gasteiger partial charge in [-0.15, -0.1) is 0 Å². The van der Waals surface area contributed by atoms with Crippen molar-refractivity contribution >= 4 is 0 Å². The van der Waals surface area contributed by atoms with Gasteiger partial charge in [-0.1, -0.05) is 30.4 Å². The lowest BCUT2D eigenvalue weighted by Crippen LogP contribution is -2.16. The fourth-order valence-corrected chi connectivity index (χ4v) is 1.29. The van der Waals surface area contributed by atoms with E-state index in [1.165, 1.54) is 0 Å². The topological polar surface area (TPSA) is 26.0 Å². The van der Waals surface area contributed by atoms with E-state index in [4.69, 9.17) is 5.73 Å². The molecule has 0 radical (unpaired) electrons. The maximum absolute atomic E-state index is 5.68. The zero-order valence-electron chi connectivity index (χ0n) is 5.12. The fraction of sp³-hybridized carbons (Fsp3) is 0.250. The Morgan fingerprint density at radius 2 is 1.78 bits per heavy atom. The molecule has 3 rings (SSSR count). The van der Waals surface area contributed by atoms with Crippen LogP contribution >= 0.6 is 0 Å². The van der Waals surface area contributed by atoms with Crippen LogP contribution in [0, 0.1) is 11.8 Å². The largest absolute Gasteiger partial charge is 0.402 e. The van der Waals surface area contributed by atoms with Crippen LogP contribution in [-0.4, -0.2) is 0 Å². The molecule has 9 heavy (non-hydrogen) atoms. The average Bonchev–Trinajstić information content (AvgIpc) is 1.90. The van der Waals surface area contributed by atoms with Crippen molar-refractivity contribution < 1.29 is 0 Å². The second kappa shape index (κ2) is 1.50. The van der Waals surface area contributed by atoms with E-state index in [2.05, 4.69) is 30.4 Å². The maximum Gasteiger partial charge on any atom is 0.0342 e. The van der Waals surface area contributed by atoms with Crippen molar-refractivity contribution in [2.24, 2.45) is 17.6 Å². The van der Waals surface area contributed by atoms with E-state index in [9.17, 15) is 0 Å². The minimum Gasteiger partial charge on any atom is -0.402 e. The first-order chi connectivity index (χ1) is 4.36. The van der Waals surface area contributed by atoms with Gasteiger partial charge >= 0.3 is 0 Å². The first-order valence-corrected chi connectivity index (χ1v) is 3.20. The van der Waals surface area contributed by atoms with Crippen molar-refractivity contribution in [3.05, 3.63) is 36.1 Å². The summed E-state index contributed by atoms with van der Waals surface area (Å²) in [6.07, 6.45) is 10.8. The van der Waals surface area contributed by atoms with Crippen molar-refractivity contribution in [3.8, 4) is 0 Å². The van der Waals surface area contributed by atoms with Crippen molar-refractivity contribution in [2.45, 2.75) is 0 Å². The summed E-state index contributed by atoms with van der Waals surface area (Å²) in [5, 5.41) is 0. The zero-order chi connectivity index (χ0) is 6.27. The maximum atomic E-state index is 5.68. The Kier molecular flexibility index (Phi) is 0.810. The van der Waals surface area contributed by atoms with Crippen molar-refractivity contribution in [1.82, 2.24) is 0 Å². The van der Waals surface area contributed by atoms with Crippen LogP contribution in [0.15, 0.2) is 36.1 Å². The molecule has 0 fully saturated rings. The van der Waals surface area contributed by atoms with Gasteiger partial charge in [0.1, 0.15) is 0 Å². The smallest absolute Gasteiger partial charge is 0.0342 e. The Balaban J connectivity index is 2.39. The second-order valence-corrected chi connectivity index (χ2v) is 2.54. The molecule has 0 unspecified atom stereocenters. The third kappa shape index (κ3) is 0.611. The Morgan fingerprint density at radius 3 is 2.00 bits per heavy atom. The van der Waals surface area contributed by atoms with Crippen LogP contribution in [0.25, 0.3) is 0 Å². The zero-order valence-corrected chi connectivity index (χ0v) is 5.12. The summed E-state index contributed by atoms with van der Waals surface area (Å²) in [7, 11) is 0. The lowest BCUT2D eigenvalue weighted by Gasteiger charge is -2.21. The van der Waals surface area contributed by atoms with Gasteiger partial charge in [0.25, 0.3) is 0 Å². The monoisotopic (exact) mass is 119 g/mol. The summed E-state index contributed by atoms with van der Waals surface area (Å²) in [5.74, 6) is 0.880. The van der Waals surface area contributed by atoms with Crippen LogP contribution in [-0.2, 0) is 0 Å². The number of allylic oxidation sites excluding steroid dienone is 4. The fourth-order valence-electron chi connectivity index (χ4n) is 1.29. The van der Waals surface area contributed by atoms with E-state index in [0.717, 1.165) is 5.70 Å². The molecule has 1 nitrogen and oxygen atoms in total. The molecule has 0 aromatic rings. The molecular formula is C8H9N. The molecule has 0 atom stereocenters. The van der Waals surface area contributed by atoms with Gasteiger partial charge in [0.05, 0.1) is 0 Å². The molecule has 0 spiro atoms. The van der Waals surface area contributed by atoms with Gasteiger partial charge in [0.2, 0.25) is 0 Å². The molecule has 2 bridgehead atoms. The molecule has 3 aliphatic rings. The molecule has 0 aromatic heterocycles. The lowest BCUT2D eigenvalue weighted by atomic mass is 9.86. The van der Waals surface area contributed by atoms with Crippen LogP contribution in [0.3, 0.4) is 0 Å². The molecule has 0 aromatic carbocycles. The molecule has 0 saturated carbocycles. The first kappa shape index (κ1) is 4.86. The van der Waals surface area contributed by atoms with E-state index in [1.54, 1.807) is 0 Å². The quantitative estimate of drug-likeness (QED) is 0.476. The number of nitrogens with two attached hydrogens (primary N) is 1. The van der Waals surface area contributed by atoms with E-state index in [1.807, 2.05) is 0 Å². The summed E-state index contributed by atoms with van der Waals surface area (Å²) >= 11 is 0. The Bertz CT molecular complexity index is 197. The molecule has 0 amide bonds. The standard InChI is InChI=1S/C8H9N/c9-8-5-6-1-3-7(8)4-2-6/h1-7H,9H2. The summed E-state index contributed by atoms with van der Waals surface area (Å²) in [5.41, 5.74) is 6.68. The molecule has 2 N–H and O–H groups in total. The van der Waals surface area contributed by atoms with E-state index in [0.29, 0.717) is 11.8 Å². The van der Waals surface area contributed by atoms with Gasteiger partial charge < -0.3 is 5.73 Å². The number of hydrogen-bond donors (Lipinski definition) is 1. The van der Waals surface area contributed by atoms with Crippen LogP contribution in [0.2, 0.25) is 0 Å². The summed E-state index contributed by atoms with van der Waals surface area (Å²) in [6, 6.07) is 0. The average molecular weight is 119 g/mol. The molecule has 1 heteroatoms. The van der Waals surface area contributed by atoms with Crippen molar-refractivity contribution in [3.63, 3.8) is 0 Å². The molecule has 0 aliphatic heterocycles. The number of hydrogen-bond acceptors (Lipinski definition) is 1. The van der Waals surface area contributed by atoms with Gasteiger partial charge in [-0.25, -0.2) is 0 Å². The SMILES string of the molecule is NC1=CC2C=CC1C=C2. The number of rotatable bonds is 0. The van der Waals surface area contributed by atoms with E-state index >= 15 is 0 Å². The van der Waals surface area contributed by atoms with Gasteiger partial charge in [0.15, 0.2) is 0 Å². The van der Waals surface area contributed by atoms with Crippen LogP contribution < -0.4 is 5.73 Å². The summed E-state index contributed by atoms with van der Waals surface area (Å²) in [4.78, 5) is 0. The highest BCUT2D eigenvalue weighted by Crippen LogP contribution is 2.26. The summed E-state index contributed by atoms with van der Waals surface area (Å²) < 4.78 is 0. The van der Waals surface area contributed by atoms with Crippen LogP contribution in [0.1, 0.15) is 0 Å². The Morgan fingerprint density at radius 1 is 1.11 bits per heavy atom. The van der Waals surface area contributed by atoms with E-state index < -0.39 is 0 Å². The minimum atomic E-state index is 0.398. The molecule has 3 aliphatic carbocycles. The molecule has 46 valence electrons. The Hall–Kier alpha value is -0.980. The van der Waals surface area contributed by atoms with Gasteiger partial charge in [0, 0.05) is 17.5 Å². The van der Waals surface area contributed by atoms with Crippen molar-refractivity contribution in [1.29, 1.82) is 0 Å². The highest BCUT2D eigenvalue weighted by molar-refractivity contribution is 5.33. The highest BCUT2D eigenvalue weighted by atomic mass is 14.6. The predicted octanol–water partition coefficient (Wildman–Crippen LogP) is 1.20. The predicted molar refractivity (Wildman–Crippen MR) is 37.5 cm³/mol. The van der Waals surface area contributed by atoms with Crippen LogP contribution in [0.5, 0.6) is 0 Å². The van der Waals surface area contributed by atoms with Crippen molar-refractivity contribution in [2.75, 3.05) is 0 Å². The highest BCUT2D eigenvalue weighted by Gasteiger charge is 2.15.